The Labute approximate surface area is 135 Å². The summed E-state index contributed by atoms with van der Waals surface area (Å²) >= 11 is 0. The van der Waals surface area contributed by atoms with Gasteiger partial charge in [-0.25, -0.2) is 14.1 Å². The predicted molar refractivity (Wildman–Crippen MR) is 86.3 cm³/mol. The summed E-state index contributed by atoms with van der Waals surface area (Å²) in [4.78, 5) is 16.5. The van der Waals surface area contributed by atoms with Gasteiger partial charge in [0.05, 0.1) is 5.69 Å². The number of amides is 1. The fourth-order valence-corrected chi connectivity index (χ4v) is 2.11. The Morgan fingerprint density at radius 2 is 2.13 bits per heavy atom. The summed E-state index contributed by atoms with van der Waals surface area (Å²) in [5.74, 6) is 0.0697. The summed E-state index contributed by atoms with van der Waals surface area (Å²) in [7, 11) is 0. The zero-order valence-electron chi connectivity index (χ0n) is 13.6. The third kappa shape index (κ3) is 4.35. The molecule has 7 heteroatoms. The van der Waals surface area contributed by atoms with Gasteiger partial charge in [0.2, 0.25) is 5.82 Å². The Balaban J connectivity index is 2.23. The molecule has 0 aliphatic rings. The monoisotopic (exact) mass is 319 g/mol. The first kappa shape index (κ1) is 17.1. The van der Waals surface area contributed by atoms with E-state index < -0.39 is 0 Å². The fraction of sp³-hybridized carbons (Fsp3) is 0.438. The molecule has 2 rings (SSSR count). The molecule has 0 fully saturated rings. The normalized spacial score (nSPS) is 11.0. The van der Waals surface area contributed by atoms with Crippen molar-refractivity contribution < 1.29 is 9.18 Å². The van der Waals surface area contributed by atoms with Crippen LogP contribution in [-0.2, 0) is 0 Å². The lowest BCUT2D eigenvalue weighted by Crippen LogP contribution is -2.32. The molecule has 0 aliphatic heterocycles. The van der Waals surface area contributed by atoms with Gasteiger partial charge in [-0.2, -0.15) is 0 Å². The van der Waals surface area contributed by atoms with Gasteiger partial charge in [-0.05, 0) is 24.7 Å². The first-order valence-electron chi connectivity index (χ1n) is 7.74. The second-order valence-corrected chi connectivity index (χ2v) is 5.45. The van der Waals surface area contributed by atoms with E-state index in [4.69, 9.17) is 0 Å². The summed E-state index contributed by atoms with van der Waals surface area (Å²) < 4.78 is 15.0. The van der Waals surface area contributed by atoms with Crippen LogP contribution >= 0.6 is 0 Å². The summed E-state index contributed by atoms with van der Waals surface area (Å²) in [5.41, 5.74) is 0.549. The summed E-state index contributed by atoms with van der Waals surface area (Å²) in [6, 6.07) is 6.07. The Hall–Kier alpha value is -2.28. The van der Waals surface area contributed by atoms with Crippen molar-refractivity contribution in [1.29, 1.82) is 0 Å². The van der Waals surface area contributed by atoms with Crippen LogP contribution in [0.25, 0.3) is 5.69 Å². The zero-order chi connectivity index (χ0) is 16.8. The number of halogens is 1. The molecule has 0 spiro atoms. The minimum Gasteiger partial charge on any atom is -0.348 e. The van der Waals surface area contributed by atoms with E-state index in [2.05, 4.69) is 20.7 Å². The van der Waals surface area contributed by atoms with Gasteiger partial charge >= 0.3 is 0 Å². The van der Waals surface area contributed by atoms with Gasteiger partial charge in [0.1, 0.15) is 11.6 Å². The van der Waals surface area contributed by atoms with Gasteiger partial charge in [0.25, 0.3) is 5.91 Å². The van der Waals surface area contributed by atoms with E-state index in [9.17, 15) is 9.18 Å². The highest BCUT2D eigenvalue weighted by atomic mass is 19.1. The van der Waals surface area contributed by atoms with Gasteiger partial charge in [0, 0.05) is 19.0 Å². The van der Waals surface area contributed by atoms with E-state index in [1.807, 2.05) is 20.8 Å². The van der Waals surface area contributed by atoms with Crippen molar-refractivity contribution in [3.05, 3.63) is 41.7 Å². The smallest absolute Gasteiger partial charge is 0.291 e. The van der Waals surface area contributed by atoms with Gasteiger partial charge in [-0.15, -0.1) is 5.10 Å². The van der Waals surface area contributed by atoms with Gasteiger partial charge in [-0.1, -0.05) is 26.8 Å². The van der Waals surface area contributed by atoms with E-state index in [-0.39, 0.29) is 23.5 Å². The van der Waals surface area contributed by atoms with Crippen LogP contribution in [0, 0.1) is 5.82 Å². The van der Waals surface area contributed by atoms with E-state index in [0.717, 1.165) is 6.54 Å². The average molecular weight is 319 g/mol. The number of nitrogens with zero attached hydrogens (tertiary/aromatic N) is 3. The number of hydrogen-bond acceptors (Lipinski definition) is 4. The third-order valence-electron chi connectivity index (χ3n) is 3.24. The van der Waals surface area contributed by atoms with E-state index in [0.29, 0.717) is 24.6 Å². The van der Waals surface area contributed by atoms with Crippen molar-refractivity contribution in [3.63, 3.8) is 0 Å². The number of carbonyl (C=O) groups excluding carboxylic acids is 1. The van der Waals surface area contributed by atoms with Gasteiger partial charge in [0.15, 0.2) is 0 Å². The molecule has 0 radical (unpaired) electrons. The molecule has 1 aromatic heterocycles. The second-order valence-electron chi connectivity index (χ2n) is 5.45. The number of carbonyl (C=O) groups is 1. The lowest BCUT2D eigenvalue weighted by Gasteiger charge is -2.07. The van der Waals surface area contributed by atoms with Crippen molar-refractivity contribution in [2.24, 2.45) is 0 Å². The molecule has 2 aromatic rings. The quantitative estimate of drug-likeness (QED) is 0.764. The van der Waals surface area contributed by atoms with E-state index in [1.165, 1.54) is 16.8 Å². The maximum absolute atomic E-state index is 13.4. The fourth-order valence-electron chi connectivity index (χ4n) is 2.11. The first-order valence-corrected chi connectivity index (χ1v) is 7.74. The molecule has 0 unspecified atom stereocenters. The standard InChI is InChI=1S/C16H22FN5O/c1-4-18-8-9-19-16(23)14-20-15(11(2)3)22(21-14)13-7-5-6-12(17)10-13/h5-7,10-11,18H,4,8-9H2,1-3H3,(H,19,23). The van der Waals surface area contributed by atoms with Crippen molar-refractivity contribution in [2.75, 3.05) is 19.6 Å². The zero-order valence-corrected chi connectivity index (χ0v) is 13.6. The molecule has 0 bridgehead atoms. The van der Waals surface area contributed by atoms with Crippen molar-refractivity contribution in [1.82, 2.24) is 25.4 Å². The number of likely N-dealkylation sites (N-methyl/N-ethyl adjacent to an activating group) is 1. The number of aromatic nitrogens is 3. The number of rotatable bonds is 7. The Kier molecular flexibility index (Phi) is 5.81. The van der Waals surface area contributed by atoms with Crippen molar-refractivity contribution in [3.8, 4) is 5.69 Å². The molecule has 6 nitrogen and oxygen atoms in total. The van der Waals surface area contributed by atoms with Crippen molar-refractivity contribution in [2.45, 2.75) is 26.7 Å². The molecule has 0 aliphatic carbocycles. The van der Waals surface area contributed by atoms with Gasteiger partial charge < -0.3 is 10.6 Å². The van der Waals surface area contributed by atoms with Crippen LogP contribution < -0.4 is 10.6 Å². The molecule has 1 aromatic carbocycles. The Morgan fingerprint density at radius 1 is 1.35 bits per heavy atom. The van der Waals surface area contributed by atoms with Crippen molar-refractivity contribution >= 4 is 5.91 Å². The van der Waals surface area contributed by atoms with Crippen LogP contribution in [0.1, 0.15) is 43.1 Å². The third-order valence-corrected chi connectivity index (χ3v) is 3.24. The minimum absolute atomic E-state index is 0.0501. The molecular formula is C16H22FN5O. The lowest BCUT2D eigenvalue weighted by atomic mass is 10.2. The van der Waals surface area contributed by atoms with E-state index in [1.54, 1.807) is 12.1 Å². The Bertz CT molecular complexity index is 668. The molecular weight excluding hydrogens is 297 g/mol. The van der Waals surface area contributed by atoms with Crippen LogP contribution in [0.2, 0.25) is 0 Å². The second kappa shape index (κ2) is 7.82. The van der Waals surface area contributed by atoms with Crippen LogP contribution in [0.3, 0.4) is 0 Å². The Morgan fingerprint density at radius 3 is 2.78 bits per heavy atom. The maximum Gasteiger partial charge on any atom is 0.291 e. The van der Waals surface area contributed by atoms with Crippen LogP contribution in [0.5, 0.6) is 0 Å². The molecule has 0 atom stereocenters. The van der Waals surface area contributed by atoms with E-state index >= 15 is 0 Å². The van der Waals surface area contributed by atoms with Crippen LogP contribution in [0.15, 0.2) is 24.3 Å². The predicted octanol–water partition coefficient (Wildman–Crippen LogP) is 1.87. The summed E-state index contributed by atoms with van der Waals surface area (Å²) in [6.45, 7) is 7.93. The number of benzene rings is 1. The average Bonchev–Trinajstić information content (AvgIpc) is 2.97. The highest BCUT2D eigenvalue weighted by Crippen LogP contribution is 2.18. The highest BCUT2D eigenvalue weighted by Gasteiger charge is 2.19. The van der Waals surface area contributed by atoms with Crippen LogP contribution in [-0.4, -0.2) is 40.3 Å². The number of hydrogen-bond donors (Lipinski definition) is 2. The first-order chi connectivity index (χ1) is 11.0. The molecule has 0 saturated heterocycles. The molecule has 23 heavy (non-hydrogen) atoms. The molecule has 1 heterocycles. The summed E-state index contributed by atoms with van der Waals surface area (Å²) in [5, 5.41) is 10.1. The largest absolute Gasteiger partial charge is 0.348 e. The maximum atomic E-state index is 13.4. The highest BCUT2D eigenvalue weighted by molar-refractivity contribution is 5.90. The molecule has 124 valence electrons. The minimum atomic E-state index is -0.357. The summed E-state index contributed by atoms with van der Waals surface area (Å²) in [6.07, 6.45) is 0. The molecule has 2 N–H and O–H groups in total. The van der Waals surface area contributed by atoms with Gasteiger partial charge in [-0.3, -0.25) is 4.79 Å². The molecule has 1 amide bonds. The van der Waals surface area contributed by atoms with Crippen LogP contribution in [0.4, 0.5) is 4.39 Å². The lowest BCUT2D eigenvalue weighted by molar-refractivity contribution is 0.0943. The SMILES string of the molecule is CCNCCNC(=O)c1nc(C(C)C)n(-c2cccc(F)c2)n1. The number of nitrogens with one attached hydrogen (secondary N) is 2. The topological polar surface area (TPSA) is 71.8 Å². The molecule has 0 saturated carbocycles.